The van der Waals surface area contributed by atoms with Crippen LogP contribution in [0, 0.1) is 0 Å². The summed E-state index contributed by atoms with van der Waals surface area (Å²) in [6.07, 6.45) is -14.2. The second-order valence-electron chi connectivity index (χ2n) is 2.91. The molecule has 11 heteroatoms. The van der Waals surface area contributed by atoms with Crippen molar-refractivity contribution in [2.75, 3.05) is 7.11 Å². The van der Waals surface area contributed by atoms with Crippen molar-refractivity contribution < 1.29 is 48.6 Å². The monoisotopic (exact) mass is 294 g/mol. The molecule has 0 N–H and O–H groups in total. The summed E-state index contributed by atoms with van der Waals surface area (Å²) >= 11 is 0. The maximum Gasteiger partial charge on any atom is 0.458 e. The molecule has 0 aromatic rings. The van der Waals surface area contributed by atoms with Gasteiger partial charge in [0, 0.05) is 0 Å². The van der Waals surface area contributed by atoms with Crippen molar-refractivity contribution in [3.8, 4) is 0 Å². The van der Waals surface area contributed by atoms with Crippen LogP contribution in [-0.4, -0.2) is 31.3 Å². The van der Waals surface area contributed by atoms with Crippen molar-refractivity contribution in [3.63, 3.8) is 0 Å². The van der Waals surface area contributed by atoms with E-state index in [9.17, 15) is 43.9 Å². The predicted octanol–water partition coefficient (Wildman–Crippen LogP) is 3.91. The predicted molar refractivity (Wildman–Crippen MR) is 37.1 cm³/mol. The van der Waals surface area contributed by atoms with E-state index < -0.39 is 36.0 Å². The Morgan fingerprint density at radius 2 is 1.00 bits per heavy atom. The van der Waals surface area contributed by atoms with Crippen LogP contribution in [0.4, 0.5) is 43.9 Å². The van der Waals surface area contributed by atoms with Gasteiger partial charge in [-0.2, -0.15) is 43.9 Å². The van der Waals surface area contributed by atoms with Crippen molar-refractivity contribution in [2.45, 2.75) is 24.2 Å². The van der Waals surface area contributed by atoms with E-state index in [0.29, 0.717) is 7.11 Å². The first-order valence-electron chi connectivity index (χ1n) is 3.82. The molecule has 0 bridgehead atoms. The van der Waals surface area contributed by atoms with Crippen molar-refractivity contribution >= 4 is 0 Å². The minimum Gasteiger partial charge on any atom is -0.504 e. The third kappa shape index (κ3) is 2.80. The number of halogens is 10. The number of methoxy groups -OCH3 is 1. The van der Waals surface area contributed by atoms with Crippen LogP contribution in [0.1, 0.15) is 0 Å². The van der Waals surface area contributed by atoms with E-state index in [2.05, 4.69) is 4.74 Å². The highest BCUT2D eigenvalue weighted by Crippen LogP contribution is 2.51. The Morgan fingerprint density at radius 3 is 1.17 bits per heavy atom. The Balaban J connectivity index is 5.86. The van der Waals surface area contributed by atoms with Gasteiger partial charge in [-0.3, -0.25) is 0 Å². The highest BCUT2D eigenvalue weighted by atomic mass is 19.4. The number of hydrogen-bond acceptors (Lipinski definition) is 1. The van der Waals surface area contributed by atoms with Crippen LogP contribution >= 0.6 is 0 Å². The zero-order valence-electron chi connectivity index (χ0n) is 8.27. The first-order valence-corrected chi connectivity index (χ1v) is 3.82. The van der Waals surface area contributed by atoms with Crippen LogP contribution in [0.25, 0.3) is 0 Å². The van der Waals surface area contributed by atoms with Crippen molar-refractivity contribution in [2.24, 2.45) is 0 Å². The average Bonchev–Trinajstić information content (AvgIpc) is 2.09. The Morgan fingerprint density at radius 1 is 0.722 bits per heavy atom. The second-order valence-corrected chi connectivity index (χ2v) is 2.91. The molecular formula is C7H4F10O. The fraction of sp³-hybridized carbons (Fsp3) is 0.714. The Kier molecular flexibility index (Phi) is 4.21. The normalized spacial score (nSPS) is 14.4. The molecule has 108 valence electrons. The number of rotatable bonds is 3. The summed E-state index contributed by atoms with van der Waals surface area (Å²) in [6.45, 7) is 0. The molecule has 18 heavy (non-hydrogen) atoms. The van der Waals surface area contributed by atoms with E-state index in [1.54, 1.807) is 0 Å². The molecule has 0 aliphatic carbocycles. The highest BCUT2D eigenvalue weighted by molar-refractivity contribution is 5.24. The van der Waals surface area contributed by atoms with Gasteiger partial charge in [-0.05, 0) is 0 Å². The van der Waals surface area contributed by atoms with Gasteiger partial charge in [0.05, 0.1) is 13.4 Å². The summed E-state index contributed by atoms with van der Waals surface area (Å²) in [7, 11) is 0.346. The summed E-state index contributed by atoms with van der Waals surface area (Å²) in [5, 5.41) is 0. The van der Waals surface area contributed by atoms with Crippen LogP contribution in [-0.2, 0) is 4.74 Å². The van der Waals surface area contributed by atoms with Gasteiger partial charge in [0.25, 0.3) is 0 Å². The Labute approximate surface area is 93.0 Å². The van der Waals surface area contributed by atoms with E-state index in [1.165, 1.54) is 0 Å². The molecule has 0 aliphatic rings. The molecule has 1 nitrogen and oxygen atoms in total. The third-order valence-electron chi connectivity index (χ3n) is 1.62. The first kappa shape index (κ1) is 16.8. The summed E-state index contributed by atoms with van der Waals surface area (Å²) < 4.78 is 124. The standard InChI is InChI=1S/C7H4F10O/c1-18-2-3(4(8,9)6(12,13)14)5(10,11)7(15,16)17/h2H,1H3. The summed E-state index contributed by atoms with van der Waals surface area (Å²) in [5.74, 6) is -12.8. The van der Waals surface area contributed by atoms with Gasteiger partial charge in [-0.15, -0.1) is 0 Å². The van der Waals surface area contributed by atoms with E-state index in [4.69, 9.17) is 0 Å². The zero-order chi connectivity index (χ0) is 15.0. The fourth-order valence-electron chi connectivity index (χ4n) is 0.768. The molecule has 0 saturated carbocycles. The Bertz CT molecular complexity index is 294. The minimum absolute atomic E-state index is 0.346. The van der Waals surface area contributed by atoms with Crippen molar-refractivity contribution in [1.82, 2.24) is 0 Å². The molecular weight excluding hydrogens is 290 g/mol. The number of hydrogen-bond donors (Lipinski definition) is 0. The van der Waals surface area contributed by atoms with E-state index in [1.807, 2.05) is 0 Å². The quantitative estimate of drug-likeness (QED) is 0.566. The van der Waals surface area contributed by atoms with Gasteiger partial charge in [0.15, 0.2) is 0 Å². The molecule has 0 spiro atoms. The molecule has 0 saturated heterocycles. The summed E-state index contributed by atoms with van der Waals surface area (Å²) in [4.78, 5) is 0. The SMILES string of the molecule is COC=C(C(F)(F)C(F)(F)F)C(F)(F)C(F)(F)F. The fourth-order valence-corrected chi connectivity index (χ4v) is 0.768. The molecule has 0 fully saturated rings. The first-order chi connectivity index (χ1) is 7.69. The molecule has 0 rings (SSSR count). The lowest BCUT2D eigenvalue weighted by molar-refractivity contribution is -0.308. The lowest BCUT2D eigenvalue weighted by atomic mass is 10.0. The maximum absolute atomic E-state index is 12.6. The maximum atomic E-state index is 12.6. The third-order valence-corrected chi connectivity index (χ3v) is 1.62. The lowest BCUT2D eigenvalue weighted by Crippen LogP contribution is -2.50. The Hall–Kier alpha value is -1.16. The molecule has 0 radical (unpaired) electrons. The number of alkyl halides is 10. The molecule has 0 unspecified atom stereocenters. The van der Waals surface area contributed by atoms with Crippen LogP contribution in [0.5, 0.6) is 0 Å². The highest BCUT2D eigenvalue weighted by Gasteiger charge is 2.73. The molecule has 0 amide bonds. The average molecular weight is 294 g/mol. The van der Waals surface area contributed by atoms with E-state index in [-0.39, 0.29) is 0 Å². The minimum atomic E-state index is -6.62. The second kappa shape index (κ2) is 4.50. The van der Waals surface area contributed by atoms with Crippen LogP contribution in [0.15, 0.2) is 11.8 Å². The number of allylic oxidation sites excluding steroid dienone is 1. The number of ether oxygens (including phenoxy) is 1. The molecule has 0 aromatic heterocycles. The molecule has 0 aromatic carbocycles. The topological polar surface area (TPSA) is 9.23 Å². The van der Waals surface area contributed by atoms with Crippen molar-refractivity contribution in [3.05, 3.63) is 11.8 Å². The van der Waals surface area contributed by atoms with E-state index >= 15 is 0 Å². The van der Waals surface area contributed by atoms with Gasteiger partial charge in [-0.25, -0.2) is 0 Å². The largest absolute Gasteiger partial charge is 0.504 e. The summed E-state index contributed by atoms with van der Waals surface area (Å²) in [6, 6.07) is 0. The smallest absolute Gasteiger partial charge is 0.458 e. The molecule has 0 heterocycles. The van der Waals surface area contributed by atoms with Crippen LogP contribution < -0.4 is 0 Å². The van der Waals surface area contributed by atoms with E-state index in [0.717, 1.165) is 0 Å². The summed E-state index contributed by atoms with van der Waals surface area (Å²) in [5.41, 5.74) is -3.53. The van der Waals surface area contributed by atoms with Crippen LogP contribution in [0.3, 0.4) is 0 Å². The van der Waals surface area contributed by atoms with Crippen molar-refractivity contribution in [1.29, 1.82) is 0 Å². The molecule has 0 atom stereocenters. The van der Waals surface area contributed by atoms with Crippen LogP contribution in [0.2, 0.25) is 0 Å². The van der Waals surface area contributed by atoms with Gasteiger partial charge < -0.3 is 4.74 Å². The lowest BCUT2D eigenvalue weighted by Gasteiger charge is -2.28. The van der Waals surface area contributed by atoms with Gasteiger partial charge >= 0.3 is 24.2 Å². The zero-order valence-corrected chi connectivity index (χ0v) is 8.27. The molecule has 0 aliphatic heterocycles. The van der Waals surface area contributed by atoms with Gasteiger partial charge in [0.2, 0.25) is 0 Å². The van der Waals surface area contributed by atoms with Gasteiger partial charge in [-0.1, -0.05) is 0 Å². The van der Waals surface area contributed by atoms with Gasteiger partial charge in [0.1, 0.15) is 5.57 Å².